The zero-order valence-electron chi connectivity index (χ0n) is 10.4. The minimum atomic E-state index is -2.83. The van der Waals surface area contributed by atoms with Crippen LogP contribution in [-0.2, 0) is 16.4 Å². The number of rotatable bonds is 2. The third kappa shape index (κ3) is 2.14. The Morgan fingerprint density at radius 2 is 2.17 bits per heavy atom. The van der Waals surface area contributed by atoms with Gasteiger partial charge in [-0.2, -0.15) is 0 Å². The quantitative estimate of drug-likeness (QED) is 0.776. The normalized spacial score (nSPS) is 30.5. The molecule has 2 aliphatic heterocycles. The largest absolute Gasteiger partial charge is 0.296 e. The Kier molecular flexibility index (Phi) is 2.86. The molecule has 0 spiro atoms. The van der Waals surface area contributed by atoms with Gasteiger partial charge in [0, 0.05) is 32.0 Å². The van der Waals surface area contributed by atoms with Gasteiger partial charge in [-0.25, -0.2) is 8.42 Å². The van der Waals surface area contributed by atoms with Gasteiger partial charge in [0.1, 0.15) is 0 Å². The summed E-state index contributed by atoms with van der Waals surface area (Å²) in [5.74, 6) is 0.703. The molecule has 2 fully saturated rings. The molecule has 0 aromatic carbocycles. The Morgan fingerprint density at radius 3 is 2.83 bits per heavy atom. The summed E-state index contributed by atoms with van der Waals surface area (Å²) >= 11 is 0. The first-order valence-corrected chi connectivity index (χ1v) is 7.97. The smallest absolute Gasteiger partial charge is 0.154 e. The second kappa shape index (κ2) is 4.28. The van der Waals surface area contributed by atoms with Crippen LogP contribution in [0.15, 0.2) is 12.4 Å². The molecule has 2 saturated heterocycles. The third-order valence-corrected chi connectivity index (χ3v) is 6.17. The van der Waals surface area contributed by atoms with Crippen molar-refractivity contribution in [3.63, 3.8) is 0 Å². The predicted octanol–water partition coefficient (Wildman–Crippen LogP) is 0.404. The standard InChI is InChI=1S/C12H17N3O2S/c1-9-4-14-11(5-13-9)7-15-6-10-2-3-18(16,17)12(10)8-15/h4-5,10,12H,2-3,6-8H2,1H3/t10-,12+/m0/s1. The van der Waals surface area contributed by atoms with E-state index in [4.69, 9.17) is 0 Å². The van der Waals surface area contributed by atoms with E-state index in [2.05, 4.69) is 14.9 Å². The summed E-state index contributed by atoms with van der Waals surface area (Å²) in [5.41, 5.74) is 1.82. The van der Waals surface area contributed by atoms with Gasteiger partial charge >= 0.3 is 0 Å². The molecule has 0 aliphatic carbocycles. The van der Waals surface area contributed by atoms with Crippen molar-refractivity contribution in [1.29, 1.82) is 0 Å². The van der Waals surface area contributed by atoms with Crippen LogP contribution in [0.4, 0.5) is 0 Å². The van der Waals surface area contributed by atoms with E-state index in [1.54, 1.807) is 12.4 Å². The Morgan fingerprint density at radius 1 is 1.33 bits per heavy atom. The van der Waals surface area contributed by atoms with Gasteiger partial charge in [0.2, 0.25) is 0 Å². The van der Waals surface area contributed by atoms with E-state index in [1.807, 2.05) is 6.92 Å². The maximum atomic E-state index is 11.8. The third-order valence-electron chi connectivity index (χ3n) is 3.91. The number of hydrogen-bond acceptors (Lipinski definition) is 5. The minimum Gasteiger partial charge on any atom is -0.296 e. The molecule has 5 nitrogen and oxygen atoms in total. The van der Waals surface area contributed by atoms with Gasteiger partial charge in [-0.1, -0.05) is 0 Å². The lowest BCUT2D eigenvalue weighted by atomic mass is 10.1. The summed E-state index contributed by atoms with van der Waals surface area (Å²) in [7, 11) is -2.83. The van der Waals surface area contributed by atoms with Crippen molar-refractivity contribution in [3.05, 3.63) is 23.8 Å². The number of aryl methyl sites for hydroxylation is 1. The van der Waals surface area contributed by atoms with Crippen LogP contribution in [-0.4, -0.2) is 47.4 Å². The number of likely N-dealkylation sites (tertiary alicyclic amines) is 1. The van der Waals surface area contributed by atoms with Gasteiger partial charge in [0.25, 0.3) is 0 Å². The SMILES string of the molecule is Cc1cnc(CN2C[C@@H]3CCS(=O)(=O)[C@@H]3C2)cn1. The van der Waals surface area contributed by atoms with Gasteiger partial charge in [-0.15, -0.1) is 0 Å². The number of aromatic nitrogens is 2. The molecule has 0 unspecified atom stereocenters. The molecule has 0 N–H and O–H groups in total. The number of sulfone groups is 1. The Bertz CT molecular complexity index is 541. The van der Waals surface area contributed by atoms with Crippen LogP contribution in [0.1, 0.15) is 17.8 Å². The topological polar surface area (TPSA) is 63.2 Å². The molecule has 0 amide bonds. The highest BCUT2D eigenvalue weighted by atomic mass is 32.2. The highest BCUT2D eigenvalue weighted by Crippen LogP contribution is 2.33. The van der Waals surface area contributed by atoms with E-state index in [0.717, 1.165) is 24.4 Å². The average molecular weight is 267 g/mol. The summed E-state index contributed by atoms with van der Waals surface area (Å²) in [6.07, 6.45) is 4.35. The van der Waals surface area contributed by atoms with Crippen molar-refractivity contribution in [2.75, 3.05) is 18.8 Å². The van der Waals surface area contributed by atoms with Crippen molar-refractivity contribution < 1.29 is 8.42 Å². The van der Waals surface area contributed by atoms with Crippen molar-refractivity contribution in [3.8, 4) is 0 Å². The monoisotopic (exact) mass is 267 g/mol. The first-order valence-electron chi connectivity index (χ1n) is 6.26. The second-order valence-corrected chi connectivity index (χ2v) is 7.64. The molecule has 18 heavy (non-hydrogen) atoms. The molecule has 3 rings (SSSR count). The summed E-state index contributed by atoms with van der Waals surface area (Å²) in [4.78, 5) is 10.7. The molecular formula is C12H17N3O2S. The van der Waals surface area contributed by atoms with Crippen LogP contribution in [0.25, 0.3) is 0 Å². The zero-order chi connectivity index (χ0) is 12.8. The average Bonchev–Trinajstić information content (AvgIpc) is 2.84. The maximum absolute atomic E-state index is 11.8. The zero-order valence-corrected chi connectivity index (χ0v) is 11.2. The Labute approximate surface area is 107 Å². The van der Waals surface area contributed by atoms with E-state index in [9.17, 15) is 8.42 Å². The molecular weight excluding hydrogens is 250 g/mol. The lowest BCUT2D eigenvalue weighted by Gasteiger charge is -2.15. The lowest BCUT2D eigenvalue weighted by molar-refractivity contribution is 0.310. The van der Waals surface area contributed by atoms with Crippen LogP contribution < -0.4 is 0 Å². The highest BCUT2D eigenvalue weighted by Gasteiger charge is 2.45. The van der Waals surface area contributed by atoms with Crippen molar-refractivity contribution in [2.24, 2.45) is 5.92 Å². The molecule has 98 valence electrons. The van der Waals surface area contributed by atoms with E-state index in [0.29, 0.717) is 24.8 Å². The summed E-state index contributed by atoms with van der Waals surface area (Å²) in [5, 5.41) is -0.143. The summed E-state index contributed by atoms with van der Waals surface area (Å²) < 4.78 is 23.7. The van der Waals surface area contributed by atoms with Crippen molar-refractivity contribution >= 4 is 9.84 Å². The van der Waals surface area contributed by atoms with Crippen molar-refractivity contribution in [1.82, 2.24) is 14.9 Å². The lowest BCUT2D eigenvalue weighted by Crippen LogP contribution is -2.26. The maximum Gasteiger partial charge on any atom is 0.154 e. The van der Waals surface area contributed by atoms with Crippen molar-refractivity contribution in [2.45, 2.75) is 25.1 Å². The Hall–Kier alpha value is -1.01. The number of nitrogens with zero attached hydrogens (tertiary/aromatic N) is 3. The fourth-order valence-corrected chi connectivity index (χ4v) is 5.12. The molecule has 0 radical (unpaired) electrons. The molecule has 0 bridgehead atoms. The molecule has 0 saturated carbocycles. The number of hydrogen-bond donors (Lipinski definition) is 0. The Balaban J connectivity index is 1.69. The second-order valence-electron chi connectivity index (χ2n) is 5.30. The summed E-state index contributed by atoms with van der Waals surface area (Å²) in [6.45, 7) is 4.14. The van der Waals surface area contributed by atoms with Crippen LogP contribution in [0.2, 0.25) is 0 Å². The van der Waals surface area contributed by atoms with E-state index < -0.39 is 9.84 Å². The van der Waals surface area contributed by atoms with E-state index >= 15 is 0 Å². The van der Waals surface area contributed by atoms with Gasteiger partial charge in [-0.05, 0) is 19.3 Å². The first kappa shape index (κ1) is 12.0. The van der Waals surface area contributed by atoms with Gasteiger partial charge < -0.3 is 0 Å². The fourth-order valence-electron chi connectivity index (χ4n) is 2.94. The molecule has 1 aromatic heterocycles. The van der Waals surface area contributed by atoms with Crippen LogP contribution in [0.5, 0.6) is 0 Å². The van der Waals surface area contributed by atoms with Crippen LogP contribution in [0, 0.1) is 12.8 Å². The molecule has 3 heterocycles. The number of fused-ring (bicyclic) bond motifs is 1. The molecule has 6 heteroatoms. The van der Waals surface area contributed by atoms with E-state index in [1.165, 1.54) is 0 Å². The van der Waals surface area contributed by atoms with Crippen LogP contribution >= 0.6 is 0 Å². The molecule has 2 aliphatic rings. The molecule has 2 atom stereocenters. The van der Waals surface area contributed by atoms with Crippen LogP contribution in [0.3, 0.4) is 0 Å². The minimum absolute atomic E-state index is 0.143. The fraction of sp³-hybridized carbons (Fsp3) is 0.667. The van der Waals surface area contributed by atoms with Gasteiger partial charge in [0.05, 0.1) is 22.4 Å². The van der Waals surface area contributed by atoms with Gasteiger partial charge in [-0.3, -0.25) is 14.9 Å². The predicted molar refractivity (Wildman–Crippen MR) is 67.7 cm³/mol. The summed E-state index contributed by atoms with van der Waals surface area (Å²) in [6, 6.07) is 0. The van der Waals surface area contributed by atoms with E-state index in [-0.39, 0.29) is 5.25 Å². The highest BCUT2D eigenvalue weighted by molar-refractivity contribution is 7.92. The molecule has 1 aromatic rings. The van der Waals surface area contributed by atoms with Gasteiger partial charge in [0.15, 0.2) is 9.84 Å². The first-order chi connectivity index (χ1) is 8.54.